The Morgan fingerprint density at radius 1 is 1.04 bits per heavy atom. The Kier molecular flexibility index (Phi) is 4.95. The van der Waals surface area contributed by atoms with Gasteiger partial charge in [0.15, 0.2) is 11.5 Å². The molecule has 4 rings (SSSR count). The van der Waals surface area contributed by atoms with Crippen molar-refractivity contribution in [2.75, 3.05) is 13.2 Å². The number of nitrogens with zero attached hydrogens (tertiary/aromatic N) is 4. The molecule has 0 atom stereocenters. The van der Waals surface area contributed by atoms with Crippen molar-refractivity contribution in [3.8, 4) is 17.2 Å². The molecule has 1 amide bonds. The van der Waals surface area contributed by atoms with Gasteiger partial charge in [0, 0.05) is 13.0 Å². The molecule has 0 radical (unpaired) electrons. The van der Waals surface area contributed by atoms with Crippen LogP contribution in [0.25, 0.3) is 5.69 Å². The minimum absolute atomic E-state index is 0.0442. The lowest BCUT2D eigenvalue weighted by atomic mass is 10.1. The van der Waals surface area contributed by atoms with Crippen LogP contribution in [0.1, 0.15) is 17.5 Å². The van der Waals surface area contributed by atoms with E-state index in [0.717, 1.165) is 34.7 Å². The largest absolute Gasteiger partial charge is 0.490 e. The standard InChI is InChI=1S/C19H19N5O3/c25-19(11-14-2-5-16(6-3-14)24-13-21-22-23-24)20-12-15-4-7-17-18(10-15)27-9-1-8-26-17/h2-7,10,13H,1,8-9,11-12H2,(H,20,25). The van der Waals surface area contributed by atoms with Crippen molar-refractivity contribution in [3.63, 3.8) is 0 Å². The van der Waals surface area contributed by atoms with E-state index < -0.39 is 0 Å². The molecule has 1 N–H and O–H groups in total. The fraction of sp³-hybridized carbons (Fsp3) is 0.263. The van der Waals surface area contributed by atoms with Gasteiger partial charge in [-0.25, -0.2) is 4.68 Å². The fourth-order valence-corrected chi connectivity index (χ4v) is 2.81. The van der Waals surface area contributed by atoms with E-state index in [4.69, 9.17) is 9.47 Å². The fourth-order valence-electron chi connectivity index (χ4n) is 2.81. The summed E-state index contributed by atoms with van der Waals surface area (Å²) in [4.78, 5) is 12.2. The van der Waals surface area contributed by atoms with Crippen LogP contribution in [0.4, 0.5) is 0 Å². The average Bonchev–Trinajstić information content (AvgIpc) is 3.13. The van der Waals surface area contributed by atoms with Crippen LogP contribution >= 0.6 is 0 Å². The zero-order chi connectivity index (χ0) is 18.5. The van der Waals surface area contributed by atoms with Crippen LogP contribution in [-0.4, -0.2) is 39.3 Å². The van der Waals surface area contributed by atoms with Crippen LogP contribution in [0, 0.1) is 0 Å². The van der Waals surface area contributed by atoms with Crippen molar-refractivity contribution in [3.05, 3.63) is 59.9 Å². The number of carbonyl (C=O) groups is 1. The van der Waals surface area contributed by atoms with Gasteiger partial charge in [0.25, 0.3) is 0 Å². The molecule has 0 unspecified atom stereocenters. The topological polar surface area (TPSA) is 91.2 Å². The Morgan fingerprint density at radius 3 is 2.59 bits per heavy atom. The minimum atomic E-state index is -0.0442. The summed E-state index contributed by atoms with van der Waals surface area (Å²) in [5, 5.41) is 14.0. The molecule has 0 saturated heterocycles. The maximum Gasteiger partial charge on any atom is 0.224 e. The van der Waals surface area contributed by atoms with Crippen molar-refractivity contribution in [1.29, 1.82) is 0 Å². The SMILES string of the molecule is O=C(Cc1ccc(-n2cnnn2)cc1)NCc1ccc2c(c1)OCCCO2. The Bertz CT molecular complexity index is 910. The second-order valence-electron chi connectivity index (χ2n) is 6.21. The maximum atomic E-state index is 12.2. The van der Waals surface area contributed by atoms with Crippen LogP contribution in [0.3, 0.4) is 0 Å². The van der Waals surface area contributed by atoms with E-state index >= 15 is 0 Å². The molecule has 27 heavy (non-hydrogen) atoms. The van der Waals surface area contributed by atoms with Gasteiger partial charge >= 0.3 is 0 Å². The highest BCUT2D eigenvalue weighted by molar-refractivity contribution is 5.78. The molecule has 1 aliphatic heterocycles. The van der Waals surface area contributed by atoms with Crippen molar-refractivity contribution >= 4 is 5.91 Å². The van der Waals surface area contributed by atoms with E-state index in [1.54, 1.807) is 4.68 Å². The highest BCUT2D eigenvalue weighted by Gasteiger charge is 2.11. The van der Waals surface area contributed by atoms with Gasteiger partial charge < -0.3 is 14.8 Å². The van der Waals surface area contributed by atoms with Gasteiger partial charge in [-0.2, -0.15) is 0 Å². The lowest BCUT2D eigenvalue weighted by Gasteiger charge is -2.10. The number of fused-ring (bicyclic) bond motifs is 1. The third kappa shape index (κ3) is 4.22. The van der Waals surface area contributed by atoms with Crippen LogP contribution in [0.5, 0.6) is 11.5 Å². The molecule has 2 aromatic carbocycles. The van der Waals surface area contributed by atoms with Gasteiger partial charge in [-0.15, -0.1) is 5.10 Å². The van der Waals surface area contributed by atoms with Gasteiger partial charge in [-0.1, -0.05) is 18.2 Å². The van der Waals surface area contributed by atoms with E-state index in [0.29, 0.717) is 26.2 Å². The first-order chi connectivity index (χ1) is 13.3. The van der Waals surface area contributed by atoms with E-state index in [2.05, 4.69) is 20.8 Å². The summed E-state index contributed by atoms with van der Waals surface area (Å²) in [5.41, 5.74) is 2.74. The van der Waals surface area contributed by atoms with Crippen molar-refractivity contribution < 1.29 is 14.3 Å². The molecule has 0 spiro atoms. The molecule has 1 aromatic heterocycles. The van der Waals surface area contributed by atoms with Crippen molar-refractivity contribution in [1.82, 2.24) is 25.5 Å². The predicted molar refractivity (Wildman–Crippen MR) is 96.8 cm³/mol. The zero-order valence-corrected chi connectivity index (χ0v) is 14.7. The summed E-state index contributed by atoms with van der Waals surface area (Å²) in [6.45, 7) is 1.75. The highest BCUT2D eigenvalue weighted by atomic mass is 16.5. The lowest BCUT2D eigenvalue weighted by molar-refractivity contribution is -0.120. The van der Waals surface area contributed by atoms with E-state index in [1.165, 1.54) is 6.33 Å². The number of aromatic nitrogens is 4. The Hall–Kier alpha value is -3.42. The summed E-state index contributed by atoms with van der Waals surface area (Å²) in [6, 6.07) is 13.3. The smallest absolute Gasteiger partial charge is 0.224 e. The van der Waals surface area contributed by atoms with E-state index in [-0.39, 0.29) is 5.91 Å². The minimum Gasteiger partial charge on any atom is -0.490 e. The number of rotatable bonds is 5. The molecule has 0 saturated carbocycles. The monoisotopic (exact) mass is 365 g/mol. The third-order valence-electron chi connectivity index (χ3n) is 4.22. The highest BCUT2D eigenvalue weighted by Crippen LogP contribution is 2.30. The maximum absolute atomic E-state index is 12.2. The summed E-state index contributed by atoms with van der Waals surface area (Å²) in [6.07, 6.45) is 2.70. The Balaban J connectivity index is 1.32. The van der Waals surface area contributed by atoms with Crippen molar-refractivity contribution in [2.24, 2.45) is 0 Å². The molecule has 138 valence electrons. The molecular formula is C19H19N5O3. The van der Waals surface area contributed by atoms with Gasteiger partial charge in [0.1, 0.15) is 6.33 Å². The lowest BCUT2D eigenvalue weighted by Crippen LogP contribution is -2.24. The number of carbonyl (C=O) groups excluding carboxylic acids is 1. The second-order valence-corrected chi connectivity index (χ2v) is 6.21. The van der Waals surface area contributed by atoms with E-state index in [1.807, 2.05) is 42.5 Å². The summed E-state index contributed by atoms with van der Waals surface area (Å²) in [7, 11) is 0. The van der Waals surface area contributed by atoms with Gasteiger partial charge in [0.05, 0.1) is 25.3 Å². The van der Waals surface area contributed by atoms with Gasteiger partial charge in [-0.05, 0) is 45.8 Å². The molecule has 0 bridgehead atoms. The van der Waals surface area contributed by atoms with Crippen LogP contribution in [-0.2, 0) is 17.8 Å². The van der Waals surface area contributed by atoms with Crippen LogP contribution < -0.4 is 14.8 Å². The molecule has 8 heteroatoms. The quantitative estimate of drug-likeness (QED) is 0.740. The Morgan fingerprint density at radius 2 is 1.81 bits per heavy atom. The van der Waals surface area contributed by atoms with Gasteiger partial charge in [-0.3, -0.25) is 4.79 Å². The number of ether oxygens (including phenoxy) is 2. The number of amides is 1. The zero-order valence-electron chi connectivity index (χ0n) is 14.7. The first kappa shape index (κ1) is 17.0. The first-order valence-electron chi connectivity index (χ1n) is 8.75. The number of tetrazole rings is 1. The molecule has 1 aliphatic rings. The van der Waals surface area contributed by atoms with Gasteiger partial charge in [0.2, 0.25) is 5.91 Å². The number of nitrogens with one attached hydrogen (secondary N) is 1. The third-order valence-corrected chi connectivity index (χ3v) is 4.22. The van der Waals surface area contributed by atoms with Crippen molar-refractivity contribution in [2.45, 2.75) is 19.4 Å². The normalized spacial score (nSPS) is 13.0. The number of hydrogen-bond acceptors (Lipinski definition) is 6. The second kappa shape index (κ2) is 7.86. The summed E-state index contributed by atoms with van der Waals surface area (Å²) in [5.74, 6) is 1.44. The predicted octanol–water partition coefficient (Wildman–Crippen LogP) is 1.68. The molecule has 0 aliphatic carbocycles. The molecule has 8 nitrogen and oxygen atoms in total. The van der Waals surface area contributed by atoms with Crippen LogP contribution in [0.2, 0.25) is 0 Å². The molecular weight excluding hydrogens is 346 g/mol. The average molecular weight is 365 g/mol. The Labute approximate surface area is 156 Å². The first-order valence-corrected chi connectivity index (χ1v) is 8.75. The van der Waals surface area contributed by atoms with E-state index in [9.17, 15) is 4.79 Å². The molecule has 3 aromatic rings. The number of hydrogen-bond donors (Lipinski definition) is 1. The molecule has 0 fully saturated rings. The number of benzene rings is 2. The summed E-state index contributed by atoms with van der Waals surface area (Å²) >= 11 is 0. The summed E-state index contributed by atoms with van der Waals surface area (Å²) < 4.78 is 12.9. The molecule has 2 heterocycles. The van der Waals surface area contributed by atoms with Crippen LogP contribution in [0.15, 0.2) is 48.8 Å².